The molecular formula is C23H20N8O8. The van der Waals surface area contributed by atoms with E-state index in [4.69, 9.17) is 0 Å². The van der Waals surface area contributed by atoms with E-state index in [-0.39, 0.29) is 23.2 Å². The lowest BCUT2D eigenvalue weighted by molar-refractivity contribution is -0.393. The third-order valence-electron chi connectivity index (χ3n) is 8.58. The van der Waals surface area contributed by atoms with Crippen molar-refractivity contribution >= 4 is 45.5 Å². The van der Waals surface area contributed by atoms with Crippen molar-refractivity contribution in [2.45, 2.75) is 19.3 Å². The molecule has 0 unspecified atom stereocenters. The summed E-state index contributed by atoms with van der Waals surface area (Å²) in [6.45, 7) is 0. The van der Waals surface area contributed by atoms with Crippen LogP contribution in [0.1, 0.15) is 19.3 Å². The molecule has 16 nitrogen and oxygen atoms in total. The minimum Gasteiger partial charge on any atom is -0.272 e. The quantitative estimate of drug-likeness (QED) is 0.355. The molecule has 0 aromatic heterocycles. The maximum absolute atomic E-state index is 11.5. The number of nitro groups is 4. The number of rotatable bonds is 8. The van der Waals surface area contributed by atoms with Gasteiger partial charge in [-0.25, -0.2) is 0 Å². The number of benzene rings is 2. The summed E-state index contributed by atoms with van der Waals surface area (Å²) in [4.78, 5) is 42.2. The highest BCUT2D eigenvalue weighted by molar-refractivity contribution is 6.01. The maximum Gasteiger partial charge on any atom is 0.301 e. The molecule has 16 heteroatoms. The maximum atomic E-state index is 11.5. The van der Waals surface area contributed by atoms with Crippen LogP contribution < -0.4 is 10.9 Å². The Morgan fingerprint density at radius 3 is 1.38 bits per heavy atom. The van der Waals surface area contributed by atoms with E-state index in [0.29, 0.717) is 23.7 Å². The molecule has 2 aromatic carbocycles. The first kappa shape index (κ1) is 24.3. The van der Waals surface area contributed by atoms with Crippen molar-refractivity contribution in [1.82, 2.24) is 0 Å². The first-order valence-corrected chi connectivity index (χ1v) is 12.1. The van der Waals surface area contributed by atoms with Crippen molar-refractivity contribution in [3.05, 3.63) is 76.9 Å². The summed E-state index contributed by atoms with van der Waals surface area (Å²) >= 11 is 0. The van der Waals surface area contributed by atoms with Crippen LogP contribution in [0.2, 0.25) is 0 Å². The summed E-state index contributed by atoms with van der Waals surface area (Å²) in [5.74, 6) is 1.72. The van der Waals surface area contributed by atoms with Gasteiger partial charge in [0.15, 0.2) is 0 Å². The zero-order valence-electron chi connectivity index (χ0n) is 20.0. The Kier molecular flexibility index (Phi) is 5.48. The van der Waals surface area contributed by atoms with Gasteiger partial charge in [-0.05, 0) is 55.1 Å². The Morgan fingerprint density at radius 2 is 1.03 bits per heavy atom. The lowest BCUT2D eigenvalue weighted by atomic mass is 9.79. The summed E-state index contributed by atoms with van der Waals surface area (Å²) in [6.07, 6.45) is 2.50. The van der Waals surface area contributed by atoms with Crippen LogP contribution in [-0.2, 0) is 0 Å². The highest BCUT2D eigenvalue weighted by Gasteiger charge is 2.67. The molecule has 200 valence electrons. The molecule has 4 aliphatic carbocycles. The second-order valence-corrected chi connectivity index (χ2v) is 10.2. The number of fused-ring (bicyclic) bond motifs is 2. The fraction of sp³-hybridized carbons (Fsp3) is 0.391. The smallest absolute Gasteiger partial charge is 0.272 e. The molecule has 0 aliphatic heterocycles. The lowest BCUT2D eigenvalue weighted by Gasteiger charge is -2.24. The summed E-state index contributed by atoms with van der Waals surface area (Å²) in [5, 5.41) is 54.1. The van der Waals surface area contributed by atoms with Crippen molar-refractivity contribution < 1.29 is 19.7 Å². The highest BCUT2D eigenvalue weighted by Crippen LogP contribution is 2.69. The van der Waals surface area contributed by atoms with E-state index in [1.807, 2.05) is 0 Å². The molecular weight excluding hydrogens is 516 g/mol. The summed E-state index contributed by atoms with van der Waals surface area (Å²) in [6, 6.07) is 6.66. The van der Waals surface area contributed by atoms with Crippen molar-refractivity contribution in [3.63, 3.8) is 0 Å². The Morgan fingerprint density at radius 1 is 0.615 bits per heavy atom. The third-order valence-corrected chi connectivity index (χ3v) is 8.58. The molecule has 6 atom stereocenters. The van der Waals surface area contributed by atoms with Gasteiger partial charge in [0, 0.05) is 35.4 Å². The van der Waals surface area contributed by atoms with Gasteiger partial charge in [0.25, 0.3) is 11.4 Å². The van der Waals surface area contributed by atoms with Gasteiger partial charge in [-0.2, -0.15) is 10.2 Å². The number of hydrogen-bond donors (Lipinski definition) is 2. The number of hydrogen-bond acceptors (Lipinski definition) is 12. The van der Waals surface area contributed by atoms with Crippen LogP contribution in [0, 0.1) is 76.0 Å². The second-order valence-electron chi connectivity index (χ2n) is 10.2. The minimum absolute atomic E-state index is 0.0538. The summed E-state index contributed by atoms with van der Waals surface area (Å²) in [7, 11) is 0. The largest absolute Gasteiger partial charge is 0.301 e. The van der Waals surface area contributed by atoms with Crippen LogP contribution in [0.4, 0.5) is 34.1 Å². The van der Waals surface area contributed by atoms with Crippen LogP contribution in [0.25, 0.3) is 0 Å². The first-order valence-electron chi connectivity index (χ1n) is 12.1. The fourth-order valence-electron chi connectivity index (χ4n) is 7.19. The zero-order chi connectivity index (χ0) is 27.6. The van der Waals surface area contributed by atoms with Gasteiger partial charge in [0.1, 0.15) is 11.4 Å². The molecule has 2 N–H and O–H groups in total. The van der Waals surface area contributed by atoms with Crippen LogP contribution in [0.15, 0.2) is 46.6 Å². The Bertz CT molecular complexity index is 1410. The minimum atomic E-state index is -0.701. The molecule has 0 spiro atoms. The average molecular weight is 536 g/mol. The Hall–Kier alpha value is -5.02. The Labute approximate surface area is 218 Å². The predicted octanol–water partition coefficient (Wildman–Crippen LogP) is 4.48. The third kappa shape index (κ3) is 3.82. The van der Waals surface area contributed by atoms with E-state index in [1.165, 1.54) is 24.3 Å². The van der Waals surface area contributed by atoms with E-state index in [1.54, 1.807) is 0 Å². The number of nitrogens with zero attached hydrogens (tertiary/aromatic N) is 6. The highest BCUT2D eigenvalue weighted by atomic mass is 16.6. The van der Waals surface area contributed by atoms with Gasteiger partial charge >= 0.3 is 11.4 Å². The number of hydrazone groups is 2. The summed E-state index contributed by atoms with van der Waals surface area (Å²) < 4.78 is 0. The molecule has 39 heavy (non-hydrogen) atoms. The molecule has 0 heterocycles. The number of nitro benzene ring substituents is 4. The normalized spacial score (nSPS) is 29.6. The van der Waals surface area contributed by atoms with Crippen molar-refractivity contribution in [2.75, 3.05) is 10.9 Å². The molecule has 4 fully saturated rings. The van der Waals surface area contributed by atoms with E-state index in [9.17, 15) is 40.5 Å². The SMILES string of the molecule is O=[N+]([O-])c1ccc(N/N=C2\C[C@@H]3[C@@H]4C/C(=N\Nc5ccc([N+](=O)[O-])cc5[N+](=O)[O-])[C@H]5[C@H]4C[C@H]3[C@@H]25)c([N+](=O)[O-])c1. The van der Waals surface area contributed by atoms with Crippen LogP contribution in [0.3, 0.4) is 0 Å². The second kappa shape index (κ2) is 8.78. The number of nitrogens with one attached hydrogen (secondary N) is 2. The van der Waals surface area contributed by atoms with Gasteiger partial charge in [-0.15, -0.1) is 0 Å². The average Bonchev–Trinajstić information content (AvgIpc) is 3.57. The van der Waals surface area contributed by atoms with Crippen molar-refractivity contribution in [1.29, 1.82) is 0 Å². The van der Waals surface area contributed by atoms with Gasteiger partial charge in [0.2, 0.25) is 0 Å². The number of non-ortho nitro benzene ring substituents is 2. The van der Waals surface area contributed by atoms with Crippen LogP contribution in [-0.4, -0.2) is 31.1 Å². The molecule has 6 rings (SSSR count). The van der Waals surface area contributed by atoms with E-state index >= 15 is 0 Å². The lowest BCUT2D eigenvalue weighted by Crippen LogP contribution is -2.27. The predicted molar refractivity (Wildman–Crippen MR) is 136 cm³/mol. The molecule has 4 saturated carbocycles. The molecule has 0 saturated heterocycles. The molecule has 0 amide bonds. The van der Waals surface area contributed by atoms with E-state index in [0.717, 1.165) is 42.8 Å². The van der Waals surface area contributed by atoms with E-state index < -0.39 is 42.4 Å². The molecule has 4 aliphatic rings. The van der Waals surface area contributed by atoms with E-state index in [2.05, 4.69) is 21.1 Å². The Balaban J connectivity index is 1.26. The molecule has 0 radical (unpaired) electrons. The first-order chi connectivity index (χ1) is 18.6. The topological polar surface area (TPSA) is 221 Å². The van der Waals surface area contributed by atoms with Gasteiger partial charge in [-0.3, -0.25) is 51.3 Å². The number of anilines is 2. The standard InChI is InChI=1S/C23H20N8O8/c32-28(33)10-1-3-16(20(5-10)30(36)37)24-26-18-8-12-13-9-19(23-15(13)7-14(12)22(18)23)27-25-17-4-2-11(29(34)35)6-21(17)31(38)39/h1-6,12-15,22-25H,7-9H2/b26-18+,27-19+/t12-,13+,14-,15+,22+,23-. The van der Waals surface area contributed by atoms with Crippen molar-refractivity contribution in [2.24, 2.45) is 45.7 Å². The fourth-order valence-corrected chi connectivity index (χ4v) is 7.19. The van der Waals surface area contributed by atoms with Crippen LogP contribution >= 0.6 is 0 Å². The van der Waals surface area contributed by atoms with Gasteiger partial charge in [-0.1, -0.05) is 0 Å². The monoisotopic (exact) mass is 536 g/mol. The van der Waals surface area contributed by atoms with Gasteiger partial charge < -0.3 is 0 Å². The van der Waals surface area contributed by atoms with Gasteiger partial charge in [0.05, 0.1) is 31.8 Å². The van der Waals surface area contributed by atoms with Crippen molar-refractivity contribution in [3.8, 4) is 0 Å². The zero-order valence-corrected chi connectivity index (χ0v) is 20.0. The summed E-state index contributed by atoms with van der Waals surface area (Å²) in [5.41, 5.74) is 5.67. The molecule has 2 bridgehead atoms. The van der Waals surface area contributed by atoms with Crippen LogP contribution in [0.5, 0.6) is 0 Å². The molecule has 2 aromatic rings.